The minimum Gasteiger partial charge on any atom is -0.464 e. The number of ether oxygens (including phenoxy) is 1. The van der Waals surface area contributed by atoms with Gasteiger partial charge in [0.05, 0.1) is 6.61 Å². The van der Waals surface area contributed by atoms with Crippen LogP contribution in [0.4, 0.5) is 0 Å². The van der Waals surface area contributed by atoms with E-state index >= 15 is 0 Å². The number of rotatable bonds is 6. The van der Waals surface area contributed by atoms with Gasteiger partial charge in [0, 0.05) is 11.2 Å². The first kappa shape index (κ1) is 14.5. The van der Waals surface area contributed by atoms with Gasteiger partial charge in [-0.25, -0.2) is 4.79 Å². The summed E-state index contributed by atoms with van der Waals surface area (Å²) in [5, 5.41) is 0.667. The van der Waals surface area contributed by atoms with Gasteiger partial charge in [0.15, 0.2) is 6.04 Å². The number of esters is 1. The number of nitrogens with zero attached hydrogens (tertiary/aromatic N) is 1. The number of benzene rings is 1. The Kier molecular flexibility index (Phi) is 6.15. The molecule has 0 radical (unpaired) electrons. The molecule has 0 fully saturated rings. The minimum atomic E-state index is -0.530. The van der Waals surface area contributed by atoms with Gasteiger partial charge in [0.25, 0.3) is 0 Å². The van der Waals surface area contributed by atoms with E-state index in [1.165, 1.54) is 0 Å². The Morgan fingerprint density at radius 2 is 2.17 bits per heavy atom. The van der Waals surface area contributed by atoms with Crippen LogP contribution in [0.1, 0.15) is 18.9 Å². The van der Waals surface area contributed by atoms with Crippen LogP contribution < -0.4 is 0 Å². The normalized spacial score (nSPS) is 12.3. The van der Waals surface area contributed by atoms with Gasteiger partial charge in [-0.1, -0.05) is 29.8 Å². The Morgan fingerprint density at radius 3 is 2.72 bits per heavy atom. The molecule has 0 bridgehead atoms. The Hall–Kier alpha value is -1.61. The molecule has 0 aromatic heterocycles. The molecule has 0 aliphatic heterocycles. The highest BCUT2D eigenvalue weighted by Gasteiger charge is 2.15. The van der Waals surface area contributed by atoms with Crippen molar-refractivity contribution in [2.24, 2.45) is 4.99 Å². The summed E-state index contributed by atoms with van der Waals surface area (Å²) in [6.45, 7) is 5.73. The van der Waals surface area contributed by atoms with Gasteiger partial charge in [0.1, 0.15) is 0 Å². The first-order valence-electron chi connectivity index (χ1n) is 5.73. The second-order valence-corrected chi connectivity index (χ2v) is 4.06. The van der Waals surface area contributed by atoms with Gasteiger partial charge in [-0.3, -0.25) is 4.99 Å². The van der Waals surface area contributed by atoms with Gasteiger partial charge in [0.2, 0.25) is 0 Å². The summed E-state index contributed by atoms with van der Waals surface area (Å²) in [7, 11) is 0. The Balaban J connectivity index is 2.73. The molecule has 1 unspecified atom stereocenters. The van der Waals surface area contributed by atoms with Crippen molar-refractivity contribution in [1.29, 1.82) is 0 Å². The van der Waals surface area contributed by atoms with Crippen LogP contribution in [0.5, 0.6) is 0 Å². The second kappa shape index (κ2) is 7.67. The maximum Gasteiger partial charge on any atom is 0.331 e. The van der Waals surface area contributed by atoms with E-state index in [9.17, 15) is 4.79 Å². The summed E-state index contributed by atoms with van der Waals surface area (Å²) < 4.78 is 4.94. The molecule has 4 heteroatoms. The van der Waals surface area contributed by atoms with Gasteiger partial charge in [-0.15, -0.1) is 6.58 Å². The summed E-state index contributed by atoms with van der Waals surface area (Å²) in [5.41, 5.74) is 0.887. The van der Waals surface area contributed by atoms with Crippen LogP contribution >= 0.6 is 11.6 Å². The molecule has 1 aromatic carbocycles. The molecule has 96 valence electrons. The predicted molar refractivity (Wildman–Crippen MR) is 74.3 cm³/mol. The van der Waals surface area contributed by atoms with Crippen LogP contribution in [-0.2, 0) is 9.53 Å². The maximum absolute atomic E-state index is 11.6. The summed E-state index contributed by atoms with van der Waals surface area (Å²) in [6.07, 6.45) is 3.76. The topological polar surface area (TPSA) is 38.7 Å². The Morgan fingerprint density at radius 1 is 1.50 bits per heavy atom. The first-order valence-corrected chi connectivity index (χ1v) is 6.11. The molecule has 0 aliphatic carbocycles. The molecule has 1 aromatic rings. The van der Waals surface area contributed by atoms with E-state index in [2.05, 4.69) is 11.6 Å². The Bertz CT molecular complexity index is 426. The average Bonchev–Trinajstić information content (AvgIpc) is 2.36. The number of carbonyl (C=O) groups excluding carboxylic acids is 1. The van der Waals surface area contributed by atoms with Crippen molar-refractivity contribution in [3.05, 3.63) is 47.5 Å². The first-order chi connectivity index (χ1) is 8.67. The SMILES string of the molecule is C=CCC(N=Cc1ccc(Cl)cc1)C(=O)OCC. The second-order valence-electron chi connectivity index (χ2n) is 3.62. The van der Waals surface area contributed by atoms with E-state index in [4.69, 9.17) is 16.3 Å². The highest BCUT2D eigenvalue weighted by atomic mass is 35.5. The fraction of sp³-hybridized carbons (Fsp3) is 0.286. The molecule has 18 heavy (non-hydrogen) atoms. The molecule has 0 N–H and O–H groups in total. The zero-order chi connectivity index (χ0) is 13.4. The van der Waals surface area contributed by atoms with E-state index in [0.29, 0.717) is 18.1 Å². The lowest BCUT2D eigenvalue weighted by Gasteiger charge is -2.08. The van der Waals surface area contributed by atoms with E-state index in [1.54, 1.807) is 31.3 Å². The maximum atomic E-state index is 11.6. The summed E-state index contributed by atoms with van der Waals surface area (Å²) in [5.74, 6) is -0.331. The van der Waals surface area contributed by atoms with Crippen molar-refractivity contribution < 1.29 is 9.53 Å². The fourth-order valence-corrected chi connectivity index (χ4v) is 1.47. The molecule has 0 amide bonds. The van der Waals surface area contributed by atoms with Crippen LogP contribution in [0.3, 0.4) is 0 Å². The van der Waals surface area contributed by atoms with Gasteiger partial charge >= 0.3 is 5.97 Å². The monoisotopic (exact) mass is 265 g/mol. The Labute approximate surface area is 112 Å². The van der Waals surface area contributed by atoms with E-state index in [1.807, 2.05) is 12.1 Å². The average molecular weight is 266 g/mol. The summed E-state index contributed by atoms with van der Waals surface area (Å²) in [4.78, 5) is 15.8. The molecular weight excluding hydrogens is 250 g/mol. The summed E-state index contributed by atoms with van der Waals surface area (Å²) in [6, 6.07) is 6.69. The number of halogens is 1. The van der Waals surface area contributed by atoms with Crippen molar-refractivity contribution >= 4 is 23.8 Å². The third-order valence-electron chi connectivity index (χ3n) is 2.22. The molecule has 0 heterocycles. The van der Waals surface area contributed by atoms with E-state index in [0.717, 1.165) is 5.56 Å². The fourth-order valence-electron chi connectivity index (χ4n) is 1.34. The van der Waals surface area contributed by atoms with Crippen LogP contribution in [0.2, 0.25) is 5.02 Å². The lowest BCUT2D eigenvalue weighted by molar-refractivity contribution is -0.144. The molecule has 1 rings (SSSR count). The molecule has 3 nitrogen and oxygen atoms in total. The lowest BCUT2D eigenvalue weighted by Crippen LogP contribution is -2.21. The lowest BCUT2D eigenvalue weighted by atomic mass is 10.2. The molecule has 0 saturated heterocycles. The standard InChI is InChI=1S/C14H16ClNO2/c1-3-5-13(14(17)18-4-2)16-10-11-6-8-12(15)9-7-11/h3,6-10,13H,1,4-5H2,2H3. The smallest absolute Gasteiger partial charge is 0.331 e. The van der Waals surface area contributed by atoms with Crippen LogP contribution in [0.15, 0.2) is 41.9 Å². The quantitative estimate of drug-likeness (QED) is 0.450. The van der Waals surface area contributed by atoms with Crippen molar-refractivity contribution in [2.75, 3.05) is 6.61 Å². The number of aliphatic imine (C=N–C) groups is 1. The van der Waals surface area contributed by atoms with Crippen molar-refractivity contribution in [3.63, 3.8) is 0 Å². The van der Waals surface area contributed by atoms with Crippen LogP contribution in [0.25, 0.3) is 0 Å². The third kappa shape index (κ3) is 4.72. The van der Waals surface area contributed by atoms with Gasteiger partial charge in [-0.05, 0) is 31.0 Å². The summed E-state index contributed by atoms with van der Waals surface area (Å²) >= 11 is 5.78. The van der Waals surface area contributed by atoms with Crippen molar-refractivity contribution in [2.45, 2.75) is 19.4 Å². The highest BCUT2D eigenvalue weighted by Crippen LogP contribution is 2.09. The molecule has 0 saturated carbocycles. The van der Waals surface area contributed by atoms with Crippen LogP contribution in [0, 0.1) is 0 Å². The highest BCUT2D eigenvalue weighted by molar-refractivity contribution is 6.30. The van der Waals surface area contributed by atoms with Crippen molar-refractivity contribution in [1.82, 2.24) is 0 Å². The van der Waals surface area contributed by atoms with Crippen molar-refractivity contribution in [3.8, 4) is 0 Å². The number of hydrogen-bond donors (Lipinski definition) is 0. The van der Waals surface area contributed by atoms with E-state index < -0.39 is 6.04 Å². The van der Waals surface area contributed by atoms with Gasteiger partial charge in [-0.2, -0.15) is 0 Å². The largest absolute Gasteiger partial charge is 0.464 e. The molecule has 0 spiro atoms. The van der Waals surface area contributed by atoms with Crippen LogP contribution in [-0.4, -0.2) is 24.8 Å². The molecule has 0 aliphatic rings. The van der Waals surface area contributed by atoms with E-state index in [-0.39, 0.29) is 5.97 Å². The molecule has 1 atom stereocenters. The minimum absolute atomic E-state index is 0.331. The predicted octanol–water partition coefficient (Wildman–Crippen LogP) is 3.27. The van der Waals surface area contributed by atoms with Gasteiger partial charge < -0.3 is 4.74 Å². The zero-order valence-electron chi connectivity index (χ0n) is 10.3. The molecular formula is C14H16ClNO2. The number of hydrogen-bond acceptors (Lipinski definition) is 3. The number of carbonyl (C=O) groups is 1. The zero-order valence-corrected chi connectivity index (χ0v) is 11.1. The third-order valence-corrected chi connectivity index (χ3v) is 2.47.